The van der Waals surface area contributed by atoms with Gasteiger partial charge in [-0.05, 0) is 25.0 Å². The van der Waals surface area contributed by atoms with Crippen LogP contribution in [0, 0.1) is 6.92 Å². The molecular formula is C14H22N2O3S. The van der Waals surface area contributed by atoms with Crippen LogP contribution in [0.25, 0.3) is 0 Å². The molecule has 0 heterocycles. The third kappa shape index (κ3) is 4.52. The Bertz CT molecular complexity index is 568. The molecule has 0 saturated carbocycles. The van der Waals surface area contributed by atoms with Crippen molar-refractivity contribution in [2.24, 2.45) is 0 Å². The third-order valence-electron chi connectivity index (χ3n) is 3.04. The fourth-order valence-corrected chi connectivity index (χ4v) is 2.93. The van der Waals surface area contributed by atoms with E-state index in [2.05, 4.69) is 0 Å². The summed E-state index contributed by atoms with van der Waals surface area (Å²) in [5.74, 6) is 0.00300. The van der Waals surface area contributed by atoms with E-state index in [4.69, 9.17) is 0 Å². The van der Waals surface area contributed by atoms with E-state index in [0.29, 0.717) is 25.1 Å². The first-order valence-electron chi connectivity index (χ1n) is 6.47. The molecule has 1 amide bonds. The highest BCUT2D eigenvalue weighted by atomic mass is 32.2. The van der Waals surface area contributed by atoms with Crippen molar-refractivity contribution in [1.29, 1.82) is 0 Å². The maximum absolute atomic E-state index is 11.9. The first kappa shape index (κ1) is 16.5. The molecule has 0 aromatic heterocycles. The molecule has 0 aliphatic heterocycles. The van der Waals surface area contributed by atoms with Crippen LogP contribution in [0.1, 0.15) is 18.4 Å². The standard InChI is InChI=1S/C14H22N2O3S/c1-12-8-5-6-9-13(12)16(20(4,18)19)11-7-10-14(17)15(2)3/h5-6,8-9H,7,10-11H2,1-4H3. The van der Waals surface area contributed by atoms with Crippen molar-refractivity contribution in [3.63, 3.8) is 0 Å². The monoisotopic (exact) mass is 298 g/mol. The molecular weight excluding hydrogens is 276 g/mol. The fraction of sp³-hybridized carbons (Fsp3) is 0.500. The second-order valence-corrected chi connectivity index (χ2v) is 6.92. The second-order valence-electron chi connectivity index (χ2n) is 5.01. The number of amides is 1. The van der Waals surface area contributed by atoms with Crippen LogP contribution in [0.5, 0.6) is 0 Å². The van der Waals surface area contributed by atoms with Gasteiger partial charge in [0, 0.05) is 27.1 Å². The van der Waals surface area contributed by atoms with Crippen LogP contribution >= 0.6 is 0 Å². The van der Waals surface area contributed by atoms with E-state index < -0.39 is 10.0 Å². The molecule has 112 valence electrons. The average Bonchev–Trinajstić information content (AvgIpc) is 2.34. The van der Waals surface area contributed by atoms with Gasteiger partial charge in [-0.3, -0.25) is 9.10 Å². The van der Waals surface area contributed by atoms with Crippen LogP contribution in [0.15, 0.2) is 24.3 Å². The van der Waals surface area contributed by atoms with Gasteiger partial charge < -0.3 is 4.90 Å². The fourth-order valence-electron chi connectivity index (χ4n) is 1.91. The van der Waals surface area contributed by atoms with Crippen LogP contribution in [-0.4, -0.2) is 46.1 Å². The molecule has 0 fully saturated rings. The third-order valence-corrected chi connectivity index (χ3v) is 4.22. The van der Waals surface area contributed by atoms with E-state index in [1.54, 1.807) is 20.2 Å². The predicted octanol–water partition coefficient (Wildman–Crippen LogP) is 1.63. The van der Waals surface area contributed by atoms with Crippen LogP contribution in [0.2, 0.25) is 0 Å². The Morgan fingerprint density at radius 1 is 1.20 bits per heavy atom. The van der Waals surface area contributed by atoms with Crippen molar-refractivity contribution in [3.8, 4) is 0 Å². The van der Waals surface area contributed by atoms with Crippen LogP contribution in [0.3, 0.4) is 0 Å². The molecule has 0 spiro atoms. The van der Waals surface area contributed by atoms with E-state index >= 15 is 0 Å². The highest BCUT2D eigenvalue weighted by Gasteiger charge is 2.19. The molecule has 20 heavy (non-hydrogen) atoms. The largest absolute Gasteiger partial charge is 0.349 e. The van der Waals surface area contributed by atoms with Crippen LogP contribution < -0.4 is 4.31 Å². The predicted molar refractivity (Wildman–Crippen MR) is 81.3 cm³/mol. The summed E-state index contributed by atoms with van der Waals surface area (Å²) in [7, 11) is 0.0347. The minimum absolute atomic E-state index is 0.00300. The Morgan fingerprint density at radius 2 is 1.80 bits per heavy atom. The van der Waals surface area contributed by atoms with Gasteiger partial charge in [-0.1, -0.05) is 18.2 Å². The number of aryl methyl sites for hydroxylation is 1. The summed E-state index contributed by atoms with van der Waals surface area (Å²) in [6, 6.07) is 7.34. The van der Waals surface area contributed by atoms with Gasteiger partial charge in [-0.25, -0.2) is 8.42 Å². The minimum Gasteiger partial charge on any atom is -0.349 e. The van der Waals surface area contributed by atoms with Gasteiger partial charge in [0.1, 0.15) is 0 Å². The summed E-state index contributed by atoms with van der Waals surface area (Å²) < 4.78 is 25.2. The van der Waals surface area contributed by atoms with Gasteiger partial charge in [-0.2, -0.15) is 0 Å². The normalized spacial score (nSPS) is 11.2. The molecule has 1 aromatic carbocycles. The summed E-state index contributed by atoms with van der Waals surface area (Å²) in [6.45, 7) is 2.18. The van der Waals surface area contributed by atoms with Crippen LogP contribution in [0.4, 0.5) is 5.69 Å². The van der Waals surface area contributed by atoms with Crippen molar-refractivity contribution in [1.82, 2.24) is 4.90 Å². The number of hydrogen-bond acceptors (Lipinski definition) is 3. The number of nitrogens with zero attached hydrogens (tertiary/aromatic N) is 2. The number of rotatable bonds is 6. The van der Waals surface area contributed by atoms with Crippen molar-refractivity contribution < 1.29 is 13.2 Å². The number of benzene rings is 1. The van der Waals surface area contributed by atoms with E-state index in [1.165, 1.54) is 15.5 Å². The number of anilines is 1. The first-order valence-corrected chi connectivity index (χ1v) is 8.32. The number of sulfonamides is 1. The topological polar surface area (TPSA) is 57.7 Å². The molecule has 0 unspecified atom stereocenters. The van der Waals surface area contributed by atoms with Crippen molar-refractivity contribution >= 4 is 21.6 Å². The highest BCUT2D eigenvalue weighted by molar-refractivity contribution is 7.92. The van der Waals surface area contributed by atoms with E-state index in [-0.39, 0.29) is 5.91 Å². The summed E-state index contributed by atoms with van der Waals surface area (Å²) in [5, 5.41) is 0. The number of para-hydroxylation sites is 1. The Balaban J connectivity index is 2.83. The number of hydrogen-bond donors (Lipinski definition) is 0. The SMILES string of the molecule is Cc1ccccc1N(CCCC(=O)N(C)C)S(C)(=O)=O. The van der Waals surface area contributed by atoms with Gasteiger partial charge in [0.25, 0.3) is 0 Å². The van der Waals surface area contributed by atoms with Crippen LogP contribution in [-0.2, 0) is 14.8 Å². The smallest absolute Gasteiger partial charge is 0.232 e. The van der Waals surface area contributed by atoms with Gasteiger partial charge >= 0.3 is 0 Å². The lowest BCUT2D eigenvalue weighted by Crippen LogP contribution is -2.32. The van der Waals surface area contributed by atoms with Gasteiger partial charge in [0.15, 0.2) is 0 Å². The molecule has 1 aromatic rings. The second kappa shape index (κ2) is 6.74. The van der Waals surface area contributed by atoms with E-state index in [1.807, 2.05) is 25.1 Å². The lowest BCUT2D eigenvalue weighted by Gasteiger charge is -2.24. The molecule has 0 saturated heterocycles. The zero-order chi connectivity index (χ0) is 15.3. The van der Waals surface area contributed by atoms with Gasteiger partial charge in [0.05, 0.1) is 11.9 Å². The maximum Gasteiger partial charge on any atom is 0.232 e. The lowest BCUT2D eigenvalue weighted by atomic mass is 10.2. The zero-order valence-corrected chi connectivity index (χ0v) is 13.3. The average molecular weight is 298 g/mol. The Morgan fingerprint density at radius 3 is 2.30 bits per heavy atom. The molecule has 0 aliphatic carbocycles. The van der Waals surface area contributed by atoms with Gasteiger partial charge in [-0.15, -0.1) is 0 Å². The van der Waals surface area contributed by atoms with E-state index in [9.17, 15) is 13.2 Å². The highest BCUT2D eigenvalue weighted by Crippen LogP contribution is 2.22. The minimum atomic E-state index is -3.35. The van der Waals surface area contributed by atoms with Crippen molar-refractivity contribution in [2.75, 3.05) is 31.2 Å². The molecule has 0 aliphatic rings. The summed E-state index contributed by atoms with van der Waals surface area (Å²) in [6.07, 6.45) is 2.02. The van der Waals surface area contributed by atoms with Crippen molar-refractivity contribution in [2.45, 2.75) is 19.8 Å². The Labute approximate surface area is 121 Å². The number of carbonyl (C=O) groups is 1. The Kier molecular flexibility index (Phi) is 5.56. The maximum atomic E-state index is 11.9. The van der Waals surface area contributed by atoms with E-state index in [0.717, 1.165) is 5.56 Å². The number of carbonyl (C=O) groups excluding carboxylic acids is 1. The summed E-state index contributed by atoms with van der Waals surface area (Å²) in [5.41, 5.74) is 1.57. The van der Waals surface area contributed by atoms with Gasteiger partial charge in [0.2, 0.25) is 15.9 Å². The molecule has 1 rings (SSSR count). The lowest BCUT2D eigenvalue weighted by molar-refractivity contribution is -0.128. The summed E-state index contributed by atoms with van der Waals surface area (Å²) in [4.78, 5) is 13.0. The summed E-state index contributed by atoms with van der Waals surface area (Å²) >= 11 is 0. The molecule has 0 atom stereocenters. The molecule has 6 heteroatoms. The molecule has 5 nitrogen and oxygen atoms in total. The first-order chi connectivity index (χ1) is 9.23. The molecule has 0 bridgehead atoms. The molecule has 0 radical (unpaired) electrons. The van der Waals surface area contributed by atoms with Crippen molar-refractivity contribution in [3.05, 3.63) is 29.8 Å². The zero-order valence-electron chi connectivity index (χ0n) is 12.5. The Hall–Kier alpha value is -1.56. The quantitative estimate of drug-likeness (QED) is 0.802. The molecule has 0 N–H and O–H groups in total.